The van der Waals surface area contributed by atoms with Gasteiger partial charge in [0, 0.05) is 6.54 Å². The van der Waals surface area contributed by atoms with Crippen molar-refractivity contribution in [3.8, 4) is 0 Å². The van der Waals surface area contributed by atoms with Gasteiger partial charge in [0.1, 0.15) is 0 Å². The quantitative estimate of drug-likeness (QED) is 0.913. The van der Waals surface area contributed by atoms with Gasteiger partial charge in [0.25, 0.3) is 5.91 Å². The minimum Gasteiger partial charge on any atom is -0.377 e. The lowest BCUT2D eigenvalue weighted by molar-refractivity contribution is -0.00381. The van der Waals surface area contributed by atoms with E-state index in [-0.39, 0.29) is 11.9 Å². The lowest BCUT2D eigenvalue weighted by atomic mass is 10.1. The number of nitrogens with one attached hydrogen (secondary N) is 1. The summed E-state index contributed by atoms with van der Waals surface area (Å²) in [7, 11) is 0. The number of carbonyl (C=O) groups is 1. The Kier molecular flexibility index (Phi) is 3.35. The molecule has 1 N–H and O–H groups in total. The average molecular weight is 277 g/mol. The Morgan fingerprint density at radius 2 is 2.53 bits per heavy atom. The third-order valence-corrected chi connectivity index (χ3v) is 4.18. The number of morpholine rings is 1. The van der Waals surface area contributed by atoms with Crippen molar-refractivity contribution < 1.29 is 9.53 Å². The first-order valence-electron chi connectivity index (χ1n) is 6.19. The van der Waals surface area contributed by atoms with Crippen LogP contribution >= 0.6 is 11.3 Å². The van der Waals surface area contributed by atoms with Crippen molar-refractivity contribution in [2.75, 3.05) is 19.8 Å². The summed E-state index contributed by atoms with van der Waals surface area (Å²) in [6.07, 6.45) is 1.78. The number of rotatable bonds is 2. The van der Waals surface area contributed by atoms with E-state index in [9.17, 15) is 4.79 Å². The molecule has 0 aliphatic carbocycles. The number of amides is 1. The Morgan fingerprint density at radius 1 is 1.63 bits per heavy atom. The van der Waals surface area contributed by atoms with Gasteiger partial charge in [-0.2, -0.15) is 5.10 Å². The zero-order valence-corrected chi connectivity index (χ0v) is 11.4. The van der Waals surface area contributed by atoms with Gasteiger partial charge in [0.05, 0.1) is 36.0 Å². The number of hydrogen-bond acceptors (Lipinski definition) is 4. The molecule has 1 atom stereocenters. The molecule has 1 amide bonds. The van der Waals surface area contributed by atoms with Crippen LogP contribution < -0.4 is 0 Å². The fraction of sp³-hybridized carbons (Fsp3) is 0.385. The smallest absolute Gasteiger partial charge is 0.264 e. The second kappa shape index (κ2) is 5.14. The van der Waals surface area contributed by atoms with Gasteiger partial charge >= 0.3 is 0 Å². The molecule has 1 aliphatic heterocycles. The monoisotopic (exact) mass is 277 g/mol. The fourth-order valence-corrected chi connectivity index (χ4v) is 3.00. The largest absolute Gasteiger partial charge is 0.377 e. The van der Waals surface area contributed by atoms with Gasteiger partial charge in [-0.15, -0.1) is 11.3 Å². The van der Waals surface area contributed by atoms with Crippen LogP contribution in [-0.4, -0.2) is 40.8 Å². The van der Waals surface area contributed by atoms with Crippen molar-refractivity contribution in [3.05, 3.63) is 39.8 Å². The van der Waals surface area contributed by atoms with Crippen LogP contribution in [-0.2, 0) is 4.74 Å². The normalized spacial score (nSPS) is 19.6. The summed E-state index contributed by atoms with van der Waals surface area (Å²) in [5, 5.41) is 8.94. The molecule has 0 spiro atoms. The summed E-state index contributed by atoms with van der Waals surface area (Å²) >= 11 is 1.47. The Bertz CT molecular complexity index is 564. The van der Waals surface area contributed by atoms with E-state index in [1.165, 1.54) is 11.3 Å². The fourth-order valence-electron chi connectivity index (χ4n) is 2.32. The summed E-state index contributed by atoms with van der Waals surface area (Å²) in [6.45, 7) is 3.70. The van der Waals surface area contributed by atoms with Gasteiger partial charge in [-0.3, -0.25) is 9.89 Å². The summed E-state index contributed by atoms with van der Waals surface area (Å²) in [4.78, 5) is 15.2. The lowest BCUT2D eigenvalue weighted by Gasteiger charge is -2.35. The van der Waals surface area contributed by atoms with E-state index in [0.717, 1.165) is 16.1 Å². The number of carbonyl (C=O) groups excluding carboxylic acids is 1. The average Bonchev–Trinajstić information content (AvgIpc) is 3.09. The maximum Gasteiger partial charge on any atom is 0.264 e. The third-order valence-electron chi connectivity index (χ3n) is 3.32. The summed E-state index contributed by atoms with van der Waals surface area (Å²) in [6, 6.07) is 3.68. The number of H-pyrrole nitrogens is 1. The van der Waals surface area contributed by atoms with E-state index >= 15 is 0 Å². The van der Waals surface area contributed by atoms with E-state index in [4.69, 9.17) is 4.74 Å². The van der Waals surface area contributed by atoms with E-state index in [1.54, 1.807) is 6.20 Å². The van der Waals surface area contributed by atoms with Crippen LogP contribution in [0.1, 0.15) is 27.0 Å². The van der Waals surface area contributed by atoms with E-state index < -0.39 is 0 Å². The molecule has 100 valence electrons. The molecule has 0 unspecified atom stereocenters. The third kappa shape index (κ3) is 2.29. The molecule has 6 heteroatoms. The molecule has 2 aromatic rings. The zero-order chi connectivity index (χ0) is 13.2. The van der Waals surface area contributed by atoms with Gasteiger partial charge in [-0.25, -0.2) is 0 Å². The molecule has 1 aliphatic rings. The Balaban J connectivity index is 1.90. The van der Waals surface area contributed by atoms with Crippen molar-refractivity contribution >= 4 is 17.2 Å². The Labute approximate surface area is 115 Å². The van der Waals surface area contributed by atoms with Crippen LogP contribution in [0.2, 0.25) is 0 Å². The van der Waals surface area contributed by atoms with Crippen LogP contribution in [0.4, 0.5) is 0 Å². The number of ether oxygens (including phenoxy) is 1. The zero-order valence-electron chi connectivity index (χ0n) is 10.6. The van der Waals surface area contributed by atoms with E-state index in [1.807, 2.05) is 29.3 Å². The van der Waals surface area contributed by atoms with Gasteiger partial charge < -0.3 is 9.64 Å². The van der Waals surface area contributed by atoms with Gasteiger partial charge in [0.15, 0.2) is 0 Å². The topological polar surface area (TPSA) is 58.2 Å². The van der Waals surface area contributed by atoms with E-state index in [0.29, 0.717) is 19.8 Å². The molecule has 5 nitrogen and oxygen atoms in total. The predicted octanol–water partition coefficient (Wildman–Crippen LogP) is 1.99. The van der Waals surface area contributed by atoms with Crippen LogP contribution in [0.3, 0.4) is 0 Å². The highest BCUT2D eigenvalue weighted by Gasteiger charge is 2.31. The van der Waals surface area contributed by atoms with Gasteiger partial charge in [-0.1, -0.05) is 6.07 Å². The van der Waals surface area contributed by atoms with Crippen molar-refractivity contribution in [1.82, 2.24) is 15.1 Å². The molecular weight excluding hydrogens is 262 g/mol. The molecule has 0 saturated carbocycles. The molecule has 3 rings (SSSR count). The minimum atomic E-state index is -0.0779. The van der Waals surface area contributed by atoms with Gasteiger partial charge in [0.2, 0.25) is 0 Å². The van der Waals surface area contributed by atoms with Crippen LogP contribution in [0.5, 0.6) is 0 Å². The van der Waals surface area contributed by atoms with Gasteiger partial charge in [-0.05, 0) is 23.9 Å². The first kappa shape index (κ1) is 12.4. The van der Waals surface area contributed by atoms with Crippen molar-refractivity contribution in [1.29, 1.82) is 0 Å². The second-order valence-corrected chi connectivity index (χ2v) is 5.48. The summed E-state index contributed by atoms with van der Waals surface area (Å²) < 4.78 is 5.52. The number of aromatic nitrogens is 2. The molecule has 19 heavy (non-hydrogen) atoms. The standard InChI is InChI=1S/C13H15N3O2S/c1-9-7-14-15-12(9)10-8-18-5-4-16(10)13(17)11-3-2-6-19-11/h2-3,6-7,10H,4-5,8H2,1H3,(H,14,15)/t10-/m1/s1. The number of hydrogen-bond donors (Lipinski definition) is 1. The van der Waals surface area contributed by atoms with Crippen LogP contribution in [0.15, 0.2) is 23.7 Å². The number of thiophene rings is 1. The number of nitrogens with zero attached hydrogens (tertiary/aromatic N) is 2. The number of aryl methyl sites for hydroxylation is 1. The van der Waals surface area contributed by atoms with Crippen molar-refractivity contribution in [3.63, 3.8) is 0 Å². The van der Waals surface area contributed by atoms with Crippen LogP contribution in [0, 0.1) is 6.92 Å². The van der Waals surface area contributed by atoms with Crippen molar-refractivity contribution in [2.24, 2.45) is 0 Å². The van der Waals surface area contributed by atoms with E-state index in [2.05, 4.69) is 10.2 Å². The lowest BCUT2D eigenvalue weighted by Crippen LogP contribution is -2.43. The first-order valence-corrected chi connectivity index (χ1v) is 7.07. The van der Waals surface area contributed by atoms with Crippen molar-refractivity contribution in [2.45, 2.75) is 13.0 Å². The highest BCUT2D eigenvalue weighted by molar-refractivity contribution is 7.12. The molecule has 1 saturated heterocycles. The first-order chi connectivity index (χ1) is 9.27. The molecule has 0 aromatic carbocycles. The molecule has 1 fully saturated rings. The highest BCUT2D eigenvalue weighted by atomic mass is 32.1. The number of aromatic amines is 1. The predicted molar refractivity (Wildman–Crippen MR) is 72.2 cm³/mol. The van der Waals surface area contributed by atoms with Crippen LogP contribution in [0.25, 0.3) is 0 Å². The molecule has 2 aromatic heterocycles. The molecular formula is C13H15N3O2S. The Morgan fingerprint density at radius 3 is 3.21 bits per heavy atom. The second-order valence-electron chi connectivity index (χ2n) is 4.53. The maximum atomic E-state index is 12.5. The minimum absolute atomic E-state index is 0.0669. The summed E-state index contributed by atoms with van der Waals surface area (Å²) in [5.41, 5.74) is 2.02. The molecule has 0 bridgehead atoms. The highest BCUT2D eigenvalue weighted by Crippen LogP contribution is 2.27. The maximum absolute atomic E-state index is 12.5. The Hall–Kier alpha value is -1.66. The molecule has 3 heterocycles. The molecule has 0 radical (unpaired) electrons. The summed E-state index contributed by atoms with van der Waals surface area (Å²) in [5.74, 6) is 0.0669. The SMILES string of the molecule is Cc1cn[nH]c1[C@H]1COCCN1C(=O)c1cccs1.